The van der Waals surface area contributed by atoms with Crippen LogP contribution in [-0.4, -0.2) is 34.5 Å². The molecular weight excluding hydrogens is 457 g/mol. The minimum atomic E-state index is -0.517. The molecule has 0 spiro atoms. The molecule has 1 aliphatic heterocycles. The number of aromatic nitrogens is 1. The zero-order valence-electron chi connectivity index (χ0n) is 21.7. The van der Waals surface area contributed by atoms with Crippen LogP contribution in [0, 0.1) is 11.7 Å². The Morgan fingerprint density at radius 1 is 1.06 bits per heavy atom. The number of hydrogen-bond donors (Lipinski definition) is 1. The van der Waals surface area contributed by atoms with E-state index < -0.39 is 12.0 Å². The van der Waals surface area contributed by atoms with E-state index in [0.29, 0.717) is 24.3 Å². The number of hydrogen-bond acceptors (Lipinski definition) is 4. The molecule has 0 bridgehead atoms. The van der Waals surface area contributed by atoms with Crippen LogP contribution in [0.5, 0.6) is 0 Å². The molecule has 36 heavy (non-hydrogen) atoms. The van der Waals surface area contributed by atoms with Crippen LogP contribution in [-0.2, 0) is 9.59 Å². The molecule has 2 aromatic carbocycles. The summed E-state index contributed by atoms with van der Waals surface area (Å²) in [6, 6.07) is 15.1. The van der Waals surface area contributed by atoms with Crippen LogP contribution in [0.2, 0.25) is 0 Å². The van der Waals surface area contributed by atoms with Crippen LogP contribution in [0.25, 0.3) is 11.1 Å². The minimum Gasteiger partial charge on any atom is -0.361 e. The maximum Gasteiger partial charge on any atom is 0.243 e. The molecule has 2 amide bonds. The summed E-state index contributed by atoms with van der Waals surface area (Å²) >= 11 is 0. The van der Waals surface area contributed by atoms with E-state index in [1.165, 1.54) is 12.3 Å². The van der Waals surface area contributed by atoms with Crippen LogP contribution in [0.4, 0.5) is 4.39 Å². The summed E-state index contributed by atoms with van der Waals surface area (Å²) in [5.41, 5.74) is 2.23. The van der Waals surface area contributed by atoms with Gasteiger partial charge in [0.1, 0.15) is 23.5 Å². The third kappa shape index (κ3) is 6.01. The van der Waals surface area contributed by atoms with Crippen LogP contribution in [0.3, 0.4) is 0 Å². The van der Waals surface area contributed by atoms with Crippen LogP contribution in [0.15, 0.2) is 65.3 Å². The standard InChI is InChI=1S/C27H30FN3O3.C2H6/c1-17(2)25(24-14-15-29-34-24)27(33)31-16-6-9-23(31)26(32)30-18(3)19-10-12-20(13-11-19)21-7-4-5-8-22(21)28;1-2/h4-5,7-8,10-15,17-18,23,25H,6,9,16H2,1-3H3,(H,30,32);1-2H3. The van der Waals surface area contributed by atoms with E-state index in [4.69, 9.17) is 4.52 Å². The van der Waals surface area contributed by atoms with Gasteiger partial charge in [0.25, 0.3) is 0 Å². The van der Waals surface area contributed by atoms with Gasteiger partial charge in [-0.25, -0.2) is 4.39 Å². The lowest BCUT2D eigenvalue weighted by Crippen LogP contribution is -2.48. The van der Waals surface area contributed by atoms with E-state index in [0.717, 1.165) is 17.5 Å². The molecule has 192 valence electrons. The molecular formula is C29H36FN3O3. The Hall–Kier alpha value is -3.48. The summed E-state index contributed by atoms with van der Waals surface area (Å²) in [6.07, 6.45) is 2.93. The highest BCUT2D eigenvalue weighted by Gasteiger charge is 2.40. The number of nitrogens with one attached hydrogen (secondary N) is 1. The lowest BCUT2D eigenvalue weighted by molar-refractivity contribution is -0.141. The molecule has 1 fully saturated rings. The van der Waals surface area contributed by atoms with Crippen molar-refractivity contribution in [3.8, 4) is 11.1 Å². The first-order valence-electron chi connectivity index (χ1n) is 12.7. The zero-order valence-corrected chi connectivity index (χ0v) is 21.7. The van der Waals surface area contributed by atoms with Gasteiger partial charge in [0.05, 0.1) is 12.2 Å². The summed E-state index contributed by atoms with van der Waals surface area (Å²) in [7, 11) is 0. The topological polar surface area (TPSA) is 75.4 Å². The average Bonchev–Trinajstić information content (AvgIpc) is 3.58. The molecule has 3 unspecified atom stereocenters. The second-order valence-electron chi connectivity index (χ2n) is 9.16. The fraction of sp³-hybridized carbons (Fsp3) is 0.414. The van der Waals surface area contributed by atoms with Crippen molar-refractivity contribution in [3.63, 3.8) is 0 Å². The number of carbonyl (C=O) groups excluding carboxylic acids is 2. The molecule has 1 N–H and O–H groups in total. The maximum absolute atomic E-state index is 14.1. The highest BCUT2D eigenvalue weighted by Crippen LogP contribution is 2.31. The number of halogens is 1. The Kier molecular flexibility index (Phi) is 9.39. The lowest BCUT2D eigenvalue weighted by Gasteiger charge is -2.29. The van der Waals surface area contributed by atoms with E-state index in [2.05, 4.69) is 10.5 Å². The van der Waals surface area contributed by atoms with Crippen molar-refractivity contribution in [2.75, 3.05) is 6.54 Å². The fourth-order valence-electron chi connectivity index (χ4n) is 4.64. The fourth-order valence-corrected chi connectivity index (χ4v) is 4.64. The van der Waals surface area contributed by atoms with Gasteiger partial charge in [-0.2, -0.15) is 0 Å². The smallest absolute Gasteiger partial charge is 0.243 e. The molecule has 1 saturated heterocycles. The van der Waals surface area contributed by atoms with E-state index >= 15 is 0 Å². The Balaban J connectivity index is 0.00000176. The van der Waals surface area contributed by atoms with E-state index in [1.807, 2.05) is 58.9 Å². The molecule has 1 aliphatic rings. The number of rotatable bonds is 7. The quantitative estimate of drug-likeness (QED) is 0.431. The van der Waals surface area contributed by atoms with Gasteiger partial charge in [-0.15, -0.1) is 0 Å². The van der Waals surface area contributed by atoms with Crippen molar-refractivity contribution < 1.29 is 18.5 Å². The van der Waals surface area contributed by atoms with Gasteiger partial charge in [-0.1, -0.05) is 75.3 Å². The van der Waals surface area contributed by atoms with E-state index in [-0.39, 0.29) is 29.6 Å². The summed E-state index contributed by atoms with van der Waals surface area (Å²) in [4.78, 5) is 28.2. The van der Waals surface area contributed by atoms with Gasteiger partial charge >= 0.3 is 0 Å². The summed E-state index contributed by atoms with van der Waals surface area (Å²) in [5, 5.41) is 6.80. The second kappa shape index (κ2) is 12.5. The Bertz CT molecular complexity index is 1130. The molecule has 4 rings (SSSR count). The number of carbonyl (C=O) groups is 2. The highest BCUT2D eigenvalue weighted by molar-refractivity contribution is 5.91. The summed E-state index contributed by atoms with van der Waals surface area (Å²) in [5.74, 6) is -0.485. The van der Waals surface area contributed by atoms with Crippen LogP contribution in [0.1, 0.15) is 70.7 Å². The SMILES string of the molecule is CC.CC(NC(=O)C1CCCN1C(=O)C(c1ccno1)C(C)C)c1ccc(-c2ccccc2F)cc1. The van der Waals surface area contributed by atoms with E-state index in [1.54, 1.807) is 29.2 Å². The number of benzene rings is 2. The molecule has 1 aromatic heterocycles. The van der Waals surface area contributed by atoms with Crippen molar-refractivity contribution in [3.05, 3.63) is 77.9 Å². The molecule has 0 radical (unpaired) electrons. The van der Waals surface area contributed by atoms with Crippen molar-refractivity contribution >= 4 is 11.8 Å². The normalized spacial score (nSPS) is 16.8. The second-order valence-corrected chi connectivity index (χ2v) is 9.16. The van der Waals surface area contributed by atoms with Crippen molar-refractivity contribution in [1.29, 1.82) is 0 Å². The average molecular weight is 494 g/mol. The molecule has 2 heterocycles. The number of nitrogens with zero attached hydrogens (tertiary/aromatic N) is 2. The third-order valence-corrected chi connectivity index (χ3v) is 6.49. The molecule has 6 nitrogen and oxygen atoms in total. The molecule has 0 aliphatic carbocycles. The summed E-state index contributed by atoms with van der Waals surface area (Å²) in [6.45, 7) is 10.4. The first kappa shape index (κ1) is 27.1. The minimum absolute atomic E-state index is 0.0108. The van der Waals surface area contributed by atoms with Crippen LogP contribution >= 0.6 is 0 Å². The molecule has 7 heteroatoms. The van der Waals surface area contributed by atoms with Crippen molar-refractivity contribution in [2.24, 2.45) is 5.92 Å². The highest BCUT2D eigenvalue weighted by atomic mass is 19.1. The number of amides is 2. The zero-order chi connectivity index (χ0) is 26.2. The third-order valence-electron chi connectivity index (χ3n) is 6.49. The monoisotopic (exact) mass is 493 g/mol. The Labute approximate surface area is 212 Å². The molecule has 0 saturated carbocycles. The summed E-state index contributed by atoms with van der Waals surface area (Å²) < 4.78 is 19.4. The maximum atomic E-state index is 14.1. The first-order chi connectivity index (χ1) is 17.4. The Morgan fingerprint density at radius 3 is 2.36 bits per heavy atom. The van der Waals surface area contributed by atoms with E-state index in [9.17, 15) is 14.0 Å². The van der Waals surface area contributed by atoms with Gasteiger partial charge in [0.2, 0.25) is 11.8 Å². The van der Waals surface area contributed by atoms with Gasteiger partial charge in [0.15, 0.2) is 0 Å². The predicted molar refractivity (Wildman–Crippen MR) is 139 cm³/mol. The van der Waals surface area contributed by atoms with Crippen LogP contribution < -0.4 is 5.32 Å². The van der Waals surface area contributed by atoms with Crippen molar-refractivity contribution in [2.45, 2.75) is 65.5 Å². The first-order valence-corrected chi connectivity index (χ1v) is 12.7. The van der Waals surface area contributed by atoms with Gasteiger partial charge in [-0.3, -0.25) is 9.59 Å². The lowest BCUT2D eigenvalue weighted by atomic mass is 9.91. The van der Waals surface area contributed by atoms with Gasteiger partial charge in [0, 0.05) is 18.2 Å². The van der Waals surface area contributed by atoms with Gasteiger partial charge in [-0.05, 0) is 42.9 Å². The van der Waals surface area contributed by atoms with Crippen molar-refractivity contribution in [1.82, 2.24) is 15.4 Å². The molecule has 3 atom stereocenters. The number of likely N-dealkylation sites (tertiary alicyclic amines) is 1. The predicted octanol–water partition coefficient (Wildman–Crippen LogP) is 6.11. The molecule has 3 aromatic rings. The Morgan fingerprint density at radius 2 is 1.75 bits per heavy atom. The largest absolute Gasteiger partial charge is 0.361 e. The van der Waals surface area contributed by atoms with Gasteiger partial charge < -0.3 is 14.7 Å².